The van der Waals surface area contributed by atoms with Crippen molar-refractivity contribution < 1.29 is 26.7 Å². The third kappa shape index (κ3) is 1.68. The van der Waals surface area contributed by atoms with Crippen LogP contribution in [0.5, 0.6) is 0 Å². The van der Waals surface area contributed by atoms with Gasteiger partial charge < -0.3 is 0 Å². The fraction of sp³-hybridized carbons (Fsp3) is 0.0769. The summed E-state index contributed by atoms with van der Waals surface area (Å²) in [5.41, 5.74) is 1.98. The molecule has 2 aromatic heterocycles. The SMILES string of the molecule is Cc1cnc2c(c1)C(=O)c1cccnc1C2=O.[Cu]. The maximum absolute atomic E-state index is 12.2. The van der Waals surface area contributed by atoms with Crippen LogP contribution < -0.4 is 0 Å². The van der Waals surface area contributed by atoms with Crippen LogP contribution >= 0.6 is 0 Å². The summed E-state index contributed by atoms with van der Waals surface area (Å²) < 4.78 is 0. The summed E-state index contributed by atoms with van der Waals surface area (Å²) in [5, 5.41) is 0. The maximum atomic E-state index is 12.2. The standard InChI is InChI=1S/C13H8N2O2.Cu/c1-7-5-9-11(15-6-7)13(17)10-8(12(9)16)3-2-4-14-10;/h2-6H,1H3;. The molecular weight excluding hydrogens is 280 g/mol. The van der Waals surface area contributed by atoms with E-state index in [0.717, 1.165) is 5.56 Å². The zero-order valence-electron chi connectivity index (χ0n) is 9.40. The first-order chi connectivity index (χ1) is 8.18. The molecule has 0 fully saturated rings. The summed E-state index contributed by atoms with van der Waals surface area (Å²) in [6.07, 6.45) is 3.08. The molecule has 3 rings (SSSR count). The molecule has 0 unspecified atom stereocenters. The van der Waals surface area contributed by atoms with Gasteiger partial charge in [-0.15, -0.1) is 0 Å². The molecule has 5 heteroatoms. The Morgan fingerprint density at radius 1 is 1.00 bits per heavy atom. The quantitative estimate of drug-likeness (QED) is 0.589. The zero-order valence-corrected chi connectivity index (χ0v) is 10.3. The normalized spacial score (nSPS) is 12.5. The number of fused-ring (bicyclic) bond motifs is 2. The second kappa shape index (κ2) is 4.44. The molecule has 0 saturated heterocycles. The molecule has 0 aromatic carbocycles. The molecule has 2 heterocycles. The van der Waals surface area contributed by atoms with E-state index in [4.69, 9.17) is 0 Å². The zero-order chi connectivity index (χ0) is 12.0. The Hall–Kier alpha value is -1.84. The first kappa shape index (κ1) is 12.6. The Kier molecular flexibility index (Phi) is 3.11. The number of aryl methyl sites for hydroxylation is 1. The van der Waals surface area contributed by atoms with Crippen LogP contribution in [0.1, 0.15) is 37.7 Å². The van der Waals surface area contributed by atoms with E-state index in [2.05, 4.69) is 9.97 Å². The van der Waals surface area contributed by atoms with E-state index in [0.29, 0.717) is 11.1 Å². The number of hydrogen-bond donors (Lipinski definition) is 0. The summed E-state index contributed by atoms with van der Waals surface area (Å²) in [7, 11) is 0. The van der Waals surface area contributed by atoms with Gasteiger partial charge in [-0.2, -0.15) is 0 Å². The summed E-state index contributed by atoms with van der Waals surface area (Å²) in [5.74, 6) is -0.464. The van der Waals surface area contributed by atoms with E-state index in [1.54, 1.807) is 24.4 Å². The molecule has 0 spiro atoms. The maximum Gasteiger partial charge on any atom is 0.231 e. The van der Waals surface area contributed by atoms with Gasteiger partial charge in [0.05, 0.1) is 11.1 Å². The molecule has 0 saturated carbocycles. The van der Waals surface area contributed by atoms with Gasteiger partial charge in [0.1, 0.15) is 11.4 Å². The summed E-state index contributed by atoms with van der Waals surface area (Å²) >= 11 is 0. The van der Waals surface area contributed by atoms with Crippen LogP contribution in [0.4, 0.5) is 0 Å². The van der Waals surface area contributed by atoms with Crippen LogP contribution in [0.3, 0.4) is 0 Å². The second-order valence-corrected chi connectivity index (χ2v) is 3.97. The first-order valence-electron chi connectivity index (χ1n) is 5.19. The third-order valence-corrected chi connectivity index (χ3v) is 2.75. The fourth-order valence-electron chi connectivity index (χ4n) is 1.95. The van der Waals surface area contributed by atoms with Crippen molar-refractivity contribution in [2.75, 3.05) is 0 Å². The number of aromatic nitrogens is 2. The number of ketones is 2. The van der Waals surface area contributed by atoms with Crippen molar-refractivity contribution >= 4 is 11.6 Å². The number of hydrogen-bond acceptors (Lipinski definition) is 4. The molecule has 0 aliphatic heterocycles. The van der Waals surface area contributed by atoms with Gasteiger partial charge >= 0.3 is 0 Å². The van der Waals surface area contributed by atoms with Gasteiger partial charge in [0.25, 0.3) is 0 Å². The van der Waals surface area contributed by atoms with E-state index in [-0.39, 0.29) is 40.0 Å². The largest absolute Gasteiger partial charge is 0.288 e. The molecule has 0 amide bonds. The third-order valence-electron chi connectivity index (χ3n) is 2.75. The minimum atomic E-state index is -0.282. The topological polar surface area (TPSA) is 59.9 Å². The van der Waals surface area contributed by atoms with Crippen LogP contribution in [-0.4, -0.2) is 21.5 Å². The van der Waals surface area contributed by atoms with Crippen molar-refractivity contribution in [1.29, 1.82) is 0 Å². The summed E-state index contributed by atoms with van der Waals surface area (Å²) in [6, 6.07) is 4.96. The van der Waals surface area contributed by atoms with Crippen molar-refractivity contribution in [3.05, 3.63) is 58.7 Å². The minimum Gasteiger partial charge on any atom is -0.288 e. The van der Waals surface area contributed by atoms with Gasteiger partial charge in [-0.3, -0.25) is 19.6 Å². The summed E-state index contributed by atoms with van der Waals surface area (Å²) in [4.78, 5) is 32.3. The fourth-order valence-corrected chi connectivity index (χ4v) is 1.95. The predicted octanol–water partition coefficient (Wildman–Crippen LogP) is 1.56. The second-order valence-electron chi connectivity index (χ2n) is 3.97. The van der Waals surface area contributed by atoms with E-state index in [1.165, 1.54) is 6.20 Å². The van der Waals surface area contributed by atoms with E-state index in [9.17, 15) is 9.59 Å². The smallest absolute Gasteiger partial charge is 0.231 e. The van der Waals surface area contributed by atoms with Gasteiger partial charge in [0.15, 0.2) is 5.78 Å². The molecular formula is C13H8CuN2O2. The van der Waals surface area contributed by atoms with Crippen molar-refractivity contribution in [3.8, 4) is 0 Å². The van der Waals surface area contributed by atoms with Crippen molar-refractivity contribution in [1.82, 2.24) is 9.97 Å². The van der Waals surface area contributed by atoms with E-state index in [1.807, 2.05) is 6.92 Å². The molecule has 4 nitrogen and oxygen atoms in total. The average Bonchev–Trinajstić information content (AvgIpc) is 2.36. The van der Waals surface area contributed by atoms with Crippen molar-refractivity contribution in [2.45, 2.75) is 6.92 Å². The van der Waals surface area contributed by atoms with Gasteiger partial charge in [0.2, 0.25) is 5.78 Å². The van der Waals surface area contributed by atoms with Crippen LogP contribution in [0, 0.1) is 6.92 Å². The number of carbonyl (C=O) groups is 2. The molecule has 0 bridgehead atoms. The average molecular weight is 288 g/mol. The molecule has 1 aliphatic carbocycles. The monoisotopic (exact) mass is 287 g/mol. The number of nitrogens with zero attached hydrogens (tertiary/aromatic N) is 2. The minimum absolute atomic E-state index is 0. The van der Waals surface area contributed by atoms with E-state index >= 15 is 0 Å². The molecule has 0 atom stereocenters. The molecule has 1 radical (unpaired) electrons. The molecule has 1 aliphatic rings. The number of rotatable bonds is 0. The van der Waals surface area contributed by atoms with Gasteiger partial charge in [0, 0.05) is 29.5 Å². The van der Waals surface area contributed by atoms with Crippen LogP contribution in [0.2, 0.25) is 0 Å². The number of carbonyl (C=O) groups excluding carboxylic acids is 2. The summed E-state index contributed by atoms with van der Waals surface area (Å²) in [6.45, 7) is 1.84. The van der Waals surface area contributed by atoms with Crippen molar-refractivity contribution in [3.63, 3.8) is 0 Å². The number of pyridine rings is 2. The molecule has 0 N–H and O–H groups in total. The van der Waals surface area contributed by atoms with Gasteiger partial charge in [-0.1, -0.05) is 0 Å². The molecule has 18 heavy (non-hydrogen) atoms. The Morgan fingerprint density at radius 3 is 2.50 bits per heavy atom. The molecule has 2 aromatic rings. The van der Waals surface area contributed by atoms with E-state index < -0.39 is 0 Å². The molecule has 93 valence electrons. The van der Waals surface area contributed by atoms with Gasteiger partial charge in [-0.25, -0.2) is 0 Å². The van der Waals surface area contributed by atoms with Crippen LogP contribution in [0.15, 0.2) is 30.6 Å². The Labute approximate surface area is 114 Å². The Morgan fingerprint density at radius 2 is 1.72 bits per heavy atom. The predicted molar refractivity (Wildman–Crippen MR) is 60.1 cm³/mol. The first-order valence-corrected chi connectivity index (χ1v) is 5.19. The van der Waals surface area contributed by atoms with Crippen molar-refractivity contribution in [2.24, 2.45) is 0 Å². The Balaban J connectivity index is 0.00000120. The van der Waals surface area contributed by atoms with Gasteiger partial charge in [-0.05, 0) is 30.7 Å². The van der Waals surface area contributed by atoms with Crippen LogP contribution in [0.25, 0.3) is 0 Å². The Bertz CT molecular complexity index is 668. The van der Waals surface area contributed by atoms with Crippen LogP contribution in [-0.2, 0) is 17.1 Å².